The van der Waals surface area contributed by atoms with Gasteiger partial charge in [-0.25, -0.2) is 0 Å². The van der Waals surface area contributed by atoms with Gasteiger partial charge in [0.25, 0.3) is 0 Å². The first kappa shape index (κ1) is 46.2. The molecule has 0 amide bonds. The van der Waals surface area contributed by atoms with Gasteiger partial charge in [0.15, 0.2) is 8.07 Å². The van der Waals surface area contributed by atoms with E-state index in [1.54, 1.807) is 0 Å². The molecule has 358 valence electrons. The van der Waals surface area contributed by atoms with Crippen LogP contribution >= 0.6 is 11.8 Å². The number of anilines is 6. The number of aryl methyl sites for hydroxylation is 1. The highest BCUT2D eigenvalue weighted by Crippen LogP contribution is 2.48. The molecule has 0 saturated carbocycles. The minimum Gasteiger partial charge on any atom is -0.311 e. The molecule has 0 bridgehead atoms. The number of benzene rings is 10. The summed E-state index contributed by atoms with van der Waals surface area (Å²) in [6.07, 6.45) is 0. The quantitative estimate of drug-likeness (QED) is 0.147. The fourth-order valence-electron chi connectivity index (χ4n) is 12.4. The zero-order valence-corrected chi connectivity index (χ0v) is 45.1. The van der Waals surface area contributed by atoms with Gasteiger partial charge >= 0.3 is 0 Å². The number of hydrogen-bond donors (Lipinski definition) is 0. The Bertz CT molecular complexity index is 3750. The highest BCUT2D eigenvalue weighted by molar-refractivity contribution is 8.00. The van der Waals surface area contributed by atoms with Crippen LogP contribution in [0.1, 0.15) is 58.2 Å². The van der Waals surface area contributed by atoms with Gasteiger partial charge in [-0.15, -0.1) is 0 Å². The Hall–Kier alpha value is -7.57. The van der Waals surface area contributed by atoms with Crippen LogP contribution in [-0.4, -0.2) is 14.8 Å². The van der Waals surface area contributed by atoms with Crippen molar-refractivity contribution >= 4 is 97.8 Å². The number of para-hydroxylation sites is 1. The normalized spacial score (nSPS) is 13.9. The van der Waals surface area contributed by atoms with Crippen LogP contribution in [0.15, 0.2) is 240 Å². The highest BCUT2D eigenvalue weighted by atomic mass is 32.2. The van der Waals surface area contributed by atoms with E-state index >= 15 is 0 Å². The predicted molar refractivity (Wildman–Crippen MR) is 321 cm³/mol. The average Bonchev–Trinajstić information content (AvgIpc) is 3.70. The summed E-state index contributed by atoms with van der Waals surface area (Å²) in [6.45, 7) is 16.1. The fourth-order valence-corrected chi connectivity index (χ4v) is 18.9. The lowest BCUT2D eigenvalue weighted by Gasteiger charge is -2.42. The second-order valence-electron chi connectivity index (χ2n) is 22.6. The van der Waals surface area contributed by atoms with E-state index in [2.05, 4.69) is 289 Å². The third-order valence-corrected chi connectivity index (χ3v) is 21.9. The van der Waals surface area contributed by atoms with E-state index in [1.807, 2.05) is 11.8 Å². The zero-order chi connectivity index (χ0) is 50.5. The first-order valence-electron chi connectivity index (χ1n) is 26.2. The van der Waals surface area contributed by atoms with Gasteiger partial charge in [0, 0.05) is 43.8 Å². The number of fused-ring (bicyclic) bond motifs is 7. The SMILES string of the molecule is Cc1cc2c3c(c1)N(c1ccc(C(C)(C)C)cc1-c1ccccc1)c1cc4c(cc1B3c1ccc(N(c3ccccc3)c3ccc(C(C)(C)C)cc3)cc1S2)[Si](c1ccccc1)(c1ccccc1)c1ccccc1-4. The van der Waals surface area contributed by atoms with Crippen molar-refractivity contribution in [3.05, 3.63) is 247 Å². The zero-order valence-electron chi connectivity index (χ0n) is 43.3. The van der Waals surface area contributed by atoms with Gasteiger partial charge in [-0.2, -0.15) is 0 Å². The van der Waals surface area contributed by atoms with Crippen LogP contribution in [0.3, 0.4) is 0 Å². The molecular weight excluding hydrogens is 928 g/mol. The van der Waals surface area contributed by atoms with Crippen molar-refractivity contribution in [1.82, 2.24) is 0 Å². The lowest BCUT2D eigenvalue weighted by Crippen LogP contribution is -2.73. The Kier molecular flexibility index (Phi) is 11.0. The maximum Gasteiger partial charge on any atom is 0.249 e. The fraction of sp³-hybridized carbons (Fsp3) is 0.130. The van der Waals surface area contributed by atoms with Crippen molar-refractivity contribution in [2.75, 3.05) is 9.80 Å². The maximum absolute atomic E-state index is 2.85. The van der Waals surface area contributed by atoms with Crippen LogP contribution < -0.4 is 46.9 Å². The highest BCUT2D eigenvalue weighted by Gasteiger charge is 2.51. The Morgan fingerprint density at radius 1 is 0.419 bits per heavy atom. The summed E-state index contributed by atoms with van der Waals surface area (Å²) in [7, 11) is -2.85. The molecule has 0 saturated heterocycles. The largest absolute Gasteiger partial charge is 0.311 e. The van der Waals surface area contributed by atoms with Gasteiger partial charge in [0.1, 0.15) is 0 Å². The van der Waals surface area contributed by atoms with Gasteiger partial charge in [-0.1, -0.05) is 223 Å². The molecule has 0 aliphatic carbocycles. The first-order chi connectivity index (χ1) is 35.9. The molecule has 10 aromatic rings. The molecule has 3 aliphatic rings. The smallest absolute Gasteiger partial charge is 0.249 e. The average molecular weight is 987 g/mol. The van der Waals surface area contributed by atoms with E-state index in [9.17, 15) is 0 Å². The molecule has 0 unspecified atom stereocenters. The number of nitrogens with zero attached hydrogens (tertiary/aromatic N) is 2. The summed E-state index contributed by atoms with van der Waals surface area (Å²) >= 11 is 1.93. The molecule has 3 aliphatic heterocycles. The van der Waals surface area contributed by atoms with Crippen LogP contribution in [0, 0.1) is 6.92 Å². The summed E-state index contributed by atoms with van der Waals surface area (Å²) < 4.78 is 0. The summed E-state index contributed by atoms with van der Waals surface area (Å²) in [4.78, 5) is 7.69. The Morgan fingerprint density at radius 3 is 1.66 bits per heavy atom. The van der Waals surface area contributed by atoms with E-state index < -0.39 is 8.07 Å². The molecule has 10 aromatic carbocycles. The monoisotopic (exact) mass is 986 g/mol. The van der Waals surface area contributed by atoms with E-state index in [1.165, 1.54) is 103 Å². The number of rotatable bonds is 7. The molecule has 5 heteroatoms. The summed E-state index contributed by atoms with van der Waals surface area (Å²) in [5.41, 5.74) is 20.3. The van der Waals surface area contributed by atoms with Crippen molar-refractivity contribution < 1.29 is 0 Å². The minimum absolute atomic E-state index is 0.0188. The molecule has 74 heavy (non-hydrogen) atoms. The third kappa shape index (κ3) is 7.38. The Morgan fingerprint density at radius 2 is 1.00 bits per heavy atom. The molecule has 0 fully saturated rings. The third-order valence-electron chi connectivity index (χ3n) is 15.9. The first-order valence-corrected chi connectivity index (χ1v) is 29.0. The van der Waals surface area contributed by atoms with Gasteiger partial charge in [0.2, 0.25) is 6.71 Å². The van der Waals surface area contributed by atoms with E-state index in [4.69, 9.17) is 0 Å². The van der Waals surface area contributed by atoms with Crippen LogP contribution in [0.25, 0.3) is 22.3 Å². The lowest BCUT2D eigenvalue weighted by atomic mass is 9.34. The van der Waals surface area contributed by atoms with Crippen molar-refractivity contribution in [2.45, 2.75) is 69.1 Å². The Labute approximate surface area is 443 Å². The summed E-state index contributed by atoms with van der Waals surface area (Å²) in [6, 6.07) is 88.2. The molecule has 3 heterocycles. The van der Waals surface area contributed by atoms with Crippen LogP contribution in [0.5, 0.6) is 0 Å². The van der Waals surface area contributed by atoms with Crippen LogP contribution in [0.2, 0.25) is 0 Å². The van der Waals surface area contributed by atoms with Gasteiger partial charge in [-0.05, 0) is 150 Å². The van der Waals surface area contributed by atoms with Crippen molar-refractivity contribution in [1.29, 1.82) is 0 Å². The molecule has 0 spiro atoms. The minimum atomic E-state index is -2.85. The summed E-state index contributed by atoms with van der Waals surface area (Å²) in [5, 5.41) is 5.73. The van der Waals surface area contributed by atoms with E-state index in [0.29, 0.717) is 0 Å². The van der Waals surface area contributed by atoms with Crippen molar-refractivity contribution in [3.63, 3.8) is 0 Å². The van der Waals surface area contributed by atoms with Crippen molar-refractivity contribution in [3.8, 4) is 22.3 Å². The standard InChI is InChI=1S/C69H59BN2SSi/c1-46-40-62-67-64(41-46)73-63-43-52(71(50-24-14-9-15-25-50)51-35-32-48(33-36-51)68(2,3)4)37-38-58(63)70(67)59-45-66-57(44-61(59)72(62)60-39-34-49(69(5,6)7)42-56(60)47-22-12-8-13-23-47)55-30-20-21-31-65(55)74(66,53-26-16-10-17-27-53)54-28-18-11-19-29-54/h8-45H,1-7H3. The molecule has 2 nitrogen and oxygen atoms in total. The second kappa shape index (κ2) is 17.5. The van der Waals surface area contributed by atoms with Gasteiger partial charge in [0.05, 0.1) is 5.69 Å². The molecule has 0 radical (unpaired) electrons. The Balaban J connectivity index is 1.10. The van der Waals surface area contributed by atoms with Gasteiger partial charge < -0.3 is 9.80 Å². The second-order valence-corrected chi connectivity index (χ2v) is 27.4. The number of hydrogen-bond acceptors (Lipinski definition) is 3. The van der Waals surface area contributed by atoms with E-state index in [-0.39, 0.29) is 17.5 Å². The van der Waals surface area contributed by atoms with Crippen LogP contribution in [-0.2, 0) is 10.8 Å². The van der Waals surface area contributed by atoms with E-state index in [0.717, 1.165) is 17.1 Å². The topological polar surface area (TPSA) is 6.48 Å². The molecular formula is C69H59BN2SSi. The summed E-state index contributed by atoms with van der Waals surface area (Å²) in [5.74, 6) is 0. The molecule has 0 N–H and O–H groups in total. The lowest BCUT2D eigenvalue weighted by molar-refractivity contribution is 0.590. The molecule has 0 atom stereocenters. The predicted octanol–water partition coefficient (Wildman–Crippen LogP) is 13.8. The maximum atomic E-state index is 2.70. The van der Waals surface area contributed by atoms with Crippen LogP contribution in [0.4, 0.5) is 34.1 Å². The van der Waals surface area contributed by atoms with Gasteiger partial charge in [-0.3, -0.25) is 0 Å². The van der Waals surface area contributed by atoms with Crippen molar-refractivity contribution in [2.24, 2.45) is 0 Å². The molecule has 13 rings (SSSR count). The molecule has 0 aromatic heterocycles.